The van der Waals surface area contributed by atoms with Gasteiger partial charge in [0.2, 0.25) is 0 Å². The zero-order valence-corrected chi connectivity index (χ0v) is 16.9. The van der Waals surface area contributed by atoms with E-state index >= 15 is 0 Å². The first kappa shape index (κ1) is 18.2. The average molecular weight is 409 g/mol. The van der Waals surface area contributed by atoms with Crippen molar-refractivity contribution in [2.45, 2.75) is 59.1 Å². The molecule has 1 saturated carbocycles. The van der Waals surface area contributed by atoms with Gasteiger partial charge in [0.05, 0.1) is 6.54 Å². The van der Waals surface area contributed by atoms with Crippen LogP contribution >= 0.6 is 15.9 Å². The number of ether oxygens (including phenoxy) is 1. The maximum Gasteiger partial charge on any atom is 0.429 e. The molecule has 1 aliphatic heterocycles. The van der Waals surface area contributed by atoms with Crippen LogP contribution in [0.3, 0.4) is 0 Å². The lowest BCUT2D eigenvalue weighted by molar-refractivity contribution is -0.0489. The molecule has 1 heterocycles. The molecular weight excluding hydrogens is 384 g/mol. The minimum Gasteiger partial charge on any atom is -0.442 e. The van der Waals surface area contributed by atoms with Crippen LogP contribution in [0.15, 0.2) is 16.6 Å². The summed E-state index contributed by atoms with van der Waals surface area (Å²) in [7, 11) is 0. The highest BCUT2D eigenvalue weighted by Gasteiger charge is 2.39. The molecule has 0 aromatic heterocycles. The van der Waals surface area contributed by atoms with E-state index in [2.05, 4.69) is 15.9 Å². The quantitative estimate of drug-likeness (QED) is 0.729. The summed E-state index contributed by atoms with van der Waals surface area (Å²) in [6, 6.07) is 3.89. The molecule has 1 fully saturated rings. The normalized spacial score (nSPS) is 17.3. The summed E-state index contributed by atoms with van der Waals surface area (Å²) in [4.78, 5) is 25.8. The molecule has 136 valence electrons. The summed E-state index contributed by atoms with van der Waals surface area (Å²) in [5.41, 5.74) is 1.97. The van der Waals surface area contributed by atoms with Gasteiger partial charge in [-0.3, -0.25) is 4.79 Å². The van der Waals surface area contributed by atoms with E-state index in [-0.39, 0.29) is 5.91 Å². The Kier molecular flexibility index (Phi) is 4.84. The molecule has 0 saturated heterocycles. The summed E-state index contributed by atoms with van der Waals surface area (Å²) >= 11 is 3.49. The van der Waals surface area contributed by atoms with E-state index in [1.807, 2.05) is 39.8 Å². The Hall–Kier alpha value is -1.56. The van der Waals surface area contributed by atoms with Crippen LogP contribution in [0.25, 0.3) is 0 Å². The van der Waals surface area contributed by atoms with E-state index in [0.29, 0.717) is 24.6 Å². The van der Waals surface area contributed by atoms with Gasteiger partial charge >= 0.3 is 6.09 Å². The van der Waals surface area contributed by atoms with Crippen molar-refractivity contribution in [2.75, 3.05) is 6.54 Å². The molecule has 2 amide bonds. The van der Waals surface area contributed by atoms with Gasteiger partial charge in [0.15, 0.2) is 0 Å². The Balaban J connectivity index is 1.87. The van der Waals surface area contributed by atoms with Gasteiger partial charge in [-0.15, -0.1) is 0 Å². The second-order valence-electron chi connectivity index (χ2n) is 7.98. The highest BCUT2D eigenvalue weighted by Crippen LogP contribution is 2.33. The number of fused-ring (bicyclic) bond motifs is 1. The Morgan fingerprint density at radius 2 is 2.04 bits per heavy atom. The van der Waals surface area contributed by atoms with Gasteiger partial charge < -0.3 is 4.74 Å². The average Bonchev–Trinajstić information content (AvgIpc) is 2.72. The number of amides is 2. The van der Waals surface area contributed by atoms with Crippen LogP contribution in [0.5, 0.6) is 0 Å². The number of rotatable bonds is 3. The fraction of sp³-hybridized carbons (Fsp3) is 0.579. The number of nitrogens with zero attached hydrogens (tertiary/aromatic N) is 2. The van der Waals surface area contributed by atoms with Crippen molar-refractivity contribution in [2.24, 2.45) is 5.92 Å². The van der Waals surface area contributed by atoms with Crippen molar-refractivity contribution in [3.05, 3.63) is 33.3 Å². The first-order valence-corrected chi connectivity index (χ1v) is 9.56. The summed E-state index contributed by atoms with van der Waals surface area (Å²) in [5, 5.41) is 3.07. The lowest BCUT2D eigenvalue weighted by Crippen LogP contribution is -2.51. The van der Waals surface area contributed by atoms with Crippen LogP contribution in [0, 0.1) is 12.8 Å². The lowest BCUT2D eigenvalue weighted by Gasteiger charge is -2.37. The lowest BCUT2D eigenvalue weighted by atomic mass is 9.85. The number of carbonyl (C=O) groups excluding carboxylic acids is 2. The molecule has 5 nitrogen and oxygen atoms in total. The zero-order chi connectivity index (χ0) is 18.4. The number of hydrazine groups is 1. The third-order valence-electron chi connectivity index (χ3n) is 4.70. The molecule has 6 heteroatoms. The molecule has 0 bridgehead atoms. The van der Waals surface area contributed by atoms with Gasteiger partial charge in [-0.05, 0) is 69.7 Å². The van der Waals surface area contributed by atoms with E-state index in [1.54, 1.807) is 5.01 Å². The highest BCUT2D eigenvalue weighted by molar-refractivity contribution is 9.10. The van der Waals surface area contributed by atoms with Crippen molar-refractivity contribution in [3.63, 3.8) is 0 Å². The first-order valence-electron chi connectivity index (χ1n) is 8.77. The van der Waals surface area contributed by atoms with Crippen LogP contribution in [0.2, 0.25) is 0 Å². The second-order valence-corrected chi connectivity index (χ2v) is 8.89. The van der Waals surface area contributed by atoms with Crippen molar-refractivity contribution in [1.82, 2.24) is 10.0 Å². The van der Waals surface area contributed by atoms with Gasteiger partial charge in [0, 0.05) is 16.6 Å². The van der Waals surface area contributed by atoms with Crippen LogP contribution in [-0.2, 0) is 11.3 Å². The number of benzene rings is 1. The van der Waals surface area contributed by atoms with E-state index in [4.69, 9.17) is 4.74 Å². The van der Waals surface area contributed by atoms with E-state index in [1.165, 1.54) is 11.4 Å². The third-order valence-corrected chi connectivity index (χ3v) is 5.16. The van der Waals surface area contributed by atoms with Crippen molar-refractivity contribution in [3.8, 4) is 0 Å². The van der Waals surface area contributed by atoms with Crippen molar-refractivity contribution < 1.29 is 14.3 Å². The molecule has 0 radical (unpaired) electrons. The second kappa shape index (κ2) is 6.63. The number of carbonyl (C=O) groups is 2. The molecule has 1 aromatic rings. The number of aryl methyl sites for hydroxylation is 1. The molecule has 0 atom stereocenters. The Labute approximate surface area is 157 Å². The summed E-state index contributed by atoms with van der Waals surface area (Å²) in [6.07, 6.45) is 2.93. The topological polar surface area (TPSA) is 49.9 Å². The maximum absolute atomic E-state index is 13.0. The largest absolute Gasteiger partial charge is 0.442 e. The molecule has 1 aliphatic carbocycles. The third kappa shape index (κ3) is 3.84. The van der Waals surface area contributed by atoms with E-state index < -0.39 is 11.7 Å². The number of hydrogen-bond acceptors (Lipinski definition) is 3. The summed E-state index contributed by atoms with van der Waals surface area (Å²) in [5.74, 6) is 0.321. The summed E-state index contributed by atoms with van der Waals surface area (Å²) < 4.78 is 6.51. The molecule has 25 heavy (non-hydrogen) atoms. The minimum absolute atomic E-state index is 0.120. The van der Waals surface area contributed by atoms with Crippen molar-refractivity contribution >= 4 is 27.9 Å². The maximum atomic E-state index is 13.0. The standard InChI is InChI=1S/C19H25BrN2O3/c1-12-8-15(20)9-14-11-21(17(23)16(12)14)22(10-13-6-5-7-13)18(24)25-19(2,3)4/h8-9,13H,5-7,10-11H2,1-4H3. The van der Waals surface area contributed by atoms with E-state index in [9.17, 15) is 9.59 Å². The molecule has 1 aromatic carbocycles. The Bertz CT molecular complexity index is 707. The Morgan fingerprint density at radius 1 is 1.36 bits per heavy atom. The fourth-order valence-corrected chi connectivity index (χ4v) is 3.93. The highest BCUT2D eigenvalue weighted by atomic mass is 79.9. The fourth-order valence-electron chi connectivity index (χ4n) is 3.31. The number of hydrogen-bond donors (Lipinski definition) is 0. The molecule has 0 spiro atoms. The minimum atomic E-state index is -0.594. The first-order chi connectivity index (χ1) is 11.7. The predicted octanol–water partition coefficient (Wildman–Crippen LogP) is 4.67. The molecule has 3 rings (SSSR count). The van der Waals surface area contributed by atoms with Gasteiger partial charge in [-0.25, -0.2) is 14.8 Å². The zero-order valence-electron chi connectivity index (χ0n) is 15.3. The smallest absolute Gasteiger partial charge is 0.429 e. The van der Waals surface area contributed by atoms with Gasteiger partial charge in [0.1, 0.15) is 5.60 Å². The number of halogens is 1. The van der Waals surface area contributed by atoms with Gasteiger partial charge in [0.25, 0.3) is 5.91 Å². The van der Waals surface area contributed by atoms with Crippen LogP contribution in [0.1, 0.15) is 61.5 Å². The van der Waals surface area contributed by atoms with Crippen LogP contribution in [-0.4, -0.2) is 34.2 Å². The Morgan fingerprint density at radius 3 is 2.60 bits per heavy atom. The van der Waals surface area contributed by atoms with E-state index in [0.717, 1.165) is 28.4 Å². The summed E-state index contributed by atoms with van der Waals surface area (Å²) in [6.45, 7) is 8.39. The SMILES string of the molecule is Cc1cc(Br)cc2c1C(=O)N(N(CC1CCC1)C(=O)OC(C)(C)C)C2. The monoisotopic (exact) mass is 408 g/mol. The van der Waals surface area contributed by atoms with Crippen molar-refractivity contribution in [1.29, 1.82) is 0 Å². The molecule has 0 unspecified atom stereocenters. The molecule has 0 N–H and O–H groups in total. The molecule has 2 aliphatic rings. The van der Waals surface area contributed by atoms with Gasteiger partial charge in [-0.1, -0.05) is 22.4 Å². The van der Waals surface area contributed by atoms with Crippen LogP contribution < -0.4 is 0 Å². The van der Waals surface area contributed by atoms with Gasteiger partial charge in [-0.2, -0.15) is 0 Å². The molecular formula is C19H25BrN2O3. The predicted molar refractivity (Wildman–Crippen MR) is 99.0 cm³/mol. The van der Waals surface area contributed by atoms with Crippen LogP contribution in [0.4, 0.5) is 4.79 Å².